The van der Waals surface area contributed by atoms with E-state index in [1.807, 2.05) is 31.2 Å². The van der Waals surface area contributed by atoms with Crippen molar-refractivity contribution in [3.8, 4) is 11.5 Å². The highest BCUT2D eigenvalue weighted by molar-refractivity contribution is 5.68. The summed E-state index contributed by atoms with van der Waals surface area (Å²) in [7, 11) is 3.23. The number of nitrogens with one attached hydrogen (secondary N) is 2. The first-order valence-electron chi connectivity index (χ1n) is 9.09. The topological polar surface area (TPSA) is 68.3 Å². The predicted molar refractivity (Wildman–Crippen MR) is 114 cm³/mol. The zero-order valence-electron chi connectivity index (χ0n) is 17.2. The first-order chi connectivity index (χ1) is 13.4. The van der Waals surface area contributed by atoms with Crippen LogP contribution in [0.4, 0.5) is 23.0 Å². The van der Waals surface area contributed by atoms with Crippen molar-refractivity contribution in [2.75, 3.05) is 24.9 Å². The van der Waals surface area contributed by atoms with E-state index in [4.69, 9.17) is 9.47 Å². The van der Waals surface area contributed by atoms with Crippen molar-refractivity contribution in [1.82, 2.24) is 9.97 Å². The number of aryl methyl sites for hydroxylation is 4. The molecule has 28 heavy (non-hydrogen) atoms. The number of hydrogen-bond acceptors (Lipinski definition) is 6. The Labute approximate surface area is 166 Å². The molecule has 146 valence electrons. The third-order valence-corrected chi connectivity index (χ3v) is 4.42. The molecule has 1 heterocycles. The third kappa shape index (κ3) is 4.34. The van der Waals surface area contributed by atoms with Crippen molar-refractivity contribution in [3.05, 3.63) is 58.9 Å². The van der Waals surface area contributed by atoms with Crippen LogP contribution in [0.15, 0.2) is 36.4 Å². The molecule has 0 radical (unpaired) electrons. The molecule has 0 amide bonds. The predicted octanol–water partition coefficient (Wildman–Crippen LogP) is 5.21. The Bertz CT molecular complexity index is 979. The monoisotopic (exact) mass is 378 g/mol. The summed E-state index contributed by atoms with van der Waals surface area (Å²) >= 11 is 0. The first kappa shape index (κ1) is 19.5. The Kier molecular flexibility index (Phi) is 5.68. The van der Waals surface area contributed by atoms with Gasteiger partial charge in [-0.25, -0.2) is 9.97 Å². The molecule has 1 aromatic heterocycles. The fraction of sp³-hybridized carbons (Fsp3) is 0.273. The fourth-order valence-electron chi connectivity index (χ4n) is 3.26. The van der Waals surface area contributed by atoms with Crippen LogP contribution >= 0.6 is 0 Å². The van der Waals surface area contributed by atoms with Gasteiger partial charge in [0.2, 0.25) is 0 Å². The highest BCUT2D eigenvalue weighted by Crippen LogP contribution is 2.31. The summed E-state index contributed by atoms with van der Waals surface area (Å²) in [5.74, 6) is 3.45. The van der Waals surface area contributed by atoms with E-state index in [1.54, 1.807) is 14.2 Å². The zero-order valence-corrected chi connectivity index (χ0v) is 17.2. The normalized spacial score (nSPS) is 10.5. The van der Waals surface area contributed by atoms with Crippen molar-refractivity contribution in [2.45, 2.75) is 27.7 Å². The minimum Gasteiger partial charge on any atom is -0.493 e. The average molecular weight is 378 g/mol. The minimum absolute atomic E-state index is 0.655. The van der Waals surface area contributed by atoms with Gasteiger partial charge in [-0.1, -0.05) is 17.7 Å². The molecule has 0 aliphatic carbocycles. The van der Waals surface area contributed by atoms with Crippen LogP contribution in [0, 0.1) is 27.7 Å². The summed E-state index contributed by atoms with van der Waals surface area (Å²) in [5.41, 5.74) is 5.53. The summed E-state index contributed by atoms with van der Waals surface area (Å²) in [4.78, 5) is 9.02. The largest absolute Gasteiger partial charge is 0.493 e. The van der Waals surface area contributed by atoms with Gasteiger partial charge in [0.1, 0.15) is 17.5 Å². The molecular formula is C22H26N4O2. The molecule has 0 bridgehead atoms. The molecule has 6 nitrogen and oxygen atoms in total. The van der Waals surface area contributed by atoms with Crippen LogP contribution in [0.1, 0.15) is 22.5 Å². The Morgan fingerprint density at radius 2 is 1.32 bits per heavy atom. The summed E-state index contributed by atoms with van der Waals surface area (Å²) in [5, 5.41) is 6.75. The average Bonchev–Trinajstić information content (AvgIpc) is 2.64. The Morgan fingerprint density at radius 1 is 0.714 bits per heavy atom. The second-order valence-corrected chi connectivity index (χ2v) is 6.78. The van der Waals surface area contributed by atoms with Gasteiger partial charge < -0.3 is 20.1 Å². The second kappa shape index (κ2) is 8.17. The maximum atomic E-state index is 5.37. The molecule has 0 fully saturated rings. The van der Waals surface area contributed by atoms with E-state index >= 15 is 0 Å². The van der Waals surface area contributed by atoms with Gasteiger partial charge in [-0.2, -0.15) is 0 Å². The van der Waals surface area contributed by atoms with Crippen LogP contribution in [0.2, 0.25) is 0 Å². The van der Waals surface area contributed by atoms with E-state index in [-0.39, 0.29) is 0 Å². The van der Waals surface area contributed by atoms with Crippen LogP contribution in [0.25, 0.3) is 0 Å². The standard InChI is InChI=1S/C22H26N4O2/c1-13-9-14(2)22(15(3)10-13)26-21-12-20(23-16(4)24-21)25-17-7-8-18(27-5)19(11-17)28-6/h7-12H,1-6H3,(H2,23,24,25,26). The van der Waals surface area contributed by atoms with Crippen LogP contribution in [0.3, 0.4) is 0 Å². The van der Waals surface area contributed by atoms with Crippen molar-refractivity contribution >= 4 is 23.0 Å². The lowest BCUT2D eigenvalue weighted by molar-refractivity contribution is 0.355. The van der Waals surface area contributed by atoms with Gasteiger partial charge >= 0.3 is 0 Å². The second-order valence-electron chi connectivity index (χ2n) is 6.78. The van der Waals surface area contributed by atoms with Gasteiger partial charge in [-0.15, -0.1) is 0 Å². The van der Waals surface area contributed by atoms with E-state index < -0.39 is 0 Å². The maximum Gasteiger partial charge on any atom is 0.162 e. The lowest BCUT2D eigenvalue weighted by atomic mass is 10.1. The number of methoxy groups -OCH3 is 2. The van der Waals surface area contributed by atoms with Crippen LogP contribution in [0.5, 0.6) is 11.5 Å². The molecule has 0 aliphatic rings. The summed E-state index contributed by atoms with van der Waals surface area (Å²) < 4.78 is 10.7. The minimum atomic E-state index is 0.655. The SMILES string of the molecule is COc1ccc(Nc2cc(Nc3c(C)cc(C)cc3C)nc(C)n2)cc1OC. The molecule has 0 saturated heterocycles. The molecule has 0 aliphatic heterocycles. The molecular weight excluding hydrogens is 352 g/mol. The molecule has 2 N–H and O–H groups in total. The van der Waals surface area contributed by atoms with Crippen molar-refractivity contribution in [3.63, 3.8) is 0 Å². The molecule has 3 rings (SSSR count). The smallest absolute Gasteiger partial charge is 0.162 e. The highest BCUT2D eigenvalue weighted by Gasteiger charge is 2.09. The number of rotatable bonds is 6. The van der Waals surface area contributed by atoms with Crippen LogP contribution in [-0.4, -0.2) is 24.2 Å². The van der Waals surface area contributed by atoms with E-state index in [2.05, 4.69) is 53.5 Å². The Hall–Kier alpha value is -3.28. The van der Waals surface area contributed by atoms with Gasteiger partial charge in [0.05, 0.1) is 14.2 Å². The Morgan fingerprint density at radius 3 is 1.93 bits per heavy atom. The van der Waals surface area contributed by atoms with Gasteiger partial charge in [0, 0.05) is 23.5 Å². The quantitative estimate of drug-likeness (QED) is 0.613. The van der Waals surface area contributed by atoms with Crippen molar-refractivity contribution in [2.24, 2.45) is 0 Å². The van der Waals surface area contributed by atoms with Gasteiger partial charge in [-0.05, 0) is 51.0 Å². The number of anilines is 4. The maximum absolute atomic E-state index is 5.37. The van der Waals surface area contributed by atoms with Crippen LogP contribution < -0.4 is 20.1 Å². The van der Waals surface area contributed by atoms with Gasteiger partial charge in [-0.3, -0.25) is 0 Å². The number of benzene rings is 2. The van der Waals surface area contributed by atoms with Crippen molar-refractivity contribution < 1.29 is 9.47 Å². The highest BCUT2D eigenvalue weighted by atomic mass is 16.5. The van der Waals surface area contributed by atoms with Crippen LogP contribution in [-0.2, 0) is 0 Å². The van der Waals surface area contributed by atoms with E-state index in [1.165, 1.54) is 16.7 Å². The molecule has 0 atom stereocenters. The summed E-state index contributed by atoms with van der Waals surface area (Å²) in [6, 6.07) is 11.9. The van der Waals surface area contributed by atoms with Crippen molar-refractivity contribution in [1.29, 1.82) is 0 Å². The molecule has 0 unspecified atom stereocenters. The fourth-order valence-corrected chi connectivity index (χ4v) is 3.26. The lowest BCUT2D eigenvalue weighted by Crippen LogP contribution is -2.03. The number of nitrogens with zero attached hydrogens (tertiary/aromatic N) is 2. The van der Waals surface area contributed by atoms with Gasteiger partial charge in [0.25, 0.3) is 0 Å². The van der Waals surface area contributed by atoms with E-state index in [0.29, 0.717) is 23.1 Å². The summed E-state index contributed by atoms with van der Waals surface area (Å²) in [6.07, 6.45) is 0. The van der Waals surface area contributed by atoms with Gasteiger partial charge in [0.15, 0.2) is 11.5 Å². The number of ether oxygens (including phenoxy) is 2. The molecule has 0 saturated carbocycles. The van der Waals surface area contributed by atoms with E-state index in [0.717, 1.165) is 17.2 Å². The first-order valence-corrected chi connectivity index (χ1v) is 9.09. The lowest BCUT2D eigenvalue weighted by Gasteiger charge is -2.15. The number of aromatic nitrogens is 2. The molecule has 3 aromatic rings. The molecule has 6 heteroatoms. The molecule has 2 aromatic carbocycles. The zero-order chi connectivity index (χ0) is 20.3. The Balaban J connectivity index is 1.88. The third-order valence-electron chi connectivity index (χ3n) is 4.42. The molecule has 0 spiro atoms. The summed E-state index contributed by atoms with van der Waals surface area (Å²) in [6.45, 7) is 8.17. The number of hydrogen-bond donors (Lipinski definition) is 2. The van der Waals surface area contributed by atoms with E-state index in [9.17, 15) is 0 Å².